The van der Waals surface area contributed by atoms with Crippen LogP contribution < -0.4 is 0 Å². The fourth-order valence-corrected chi connectivity index (χ4v) is 2.64. The topological polar surface area (TPSA) is 12.9 Å². The second kappa shape index (κ2) is 4.46. The summed E-state index contributed by atoms with van der Waals surface area (Å²) in [6, 6.07) is 1.72. The molecule has 0 N–H and O–H groups in total. The molecular formula is C8H7Br2F2N. The Balaban J connectivity index is 3.29. The summed E-state index contributed by atoms with van der Waals surface area (Å²) >= 11 is 6.37. The highest BCUT2D eigenvalue weighted by molar-refractivity contribution is 9.10. The van der Waals surface area contributed by atoms with Gasteiger partial charge in [0.2, 0.25) is 0 Å². The highest BCUT2D eigenvalue weighted by atomic mass is 79.9. The van der Waals surface area contributed by atoms with E-state index in [4.69, 9.17) is 0 Å². The summed E-state index contributed by atoms with van der Waals surface area (Å²) in [5.41, 5.74) is 0.955. The summed E-state index contributed by atoms with van der Waals surface area (Å²) in [5, 5.41) is 0.376. The van der Waals surface area contributed by atoms with Gasteiger partial charge in [0.25, 0.3) is 6.43 Å². The summed E-state index contributed by atoms with van der Waals surface area (Å²) < 4.78 is 25.6. The average Bonchev–Trinajstić information content (AvgIpc) is 2.02. The first-order valence-electron chi connectivity index (χ1n) is 3.56. The van der Waals surface area contributed by atoms with E-state index in [-0.39, 0.29) is 5.69 Å². The Morgan fingerprint density at radius 3 is 2.62 bits per heavy atom. The van der Waals surface area contributed by atoms with Crippen molar-refractivity contribution in [3.8, 4) is 0 Å². The molecule has 1 rings (SSSR count). The van der Waals surface area contributed by atoms with Crippen LogP contribution in [-0.2, 0) is 5.33 Å². The van der Waals surface area contributed by atoms with Gasteiger partial charge in [-0.15, -0.1) is 0 Å². The van der Waals surface area contributed by atoms with Crippen molar-refractivity contribution in [2.24, 2.45) is 0 Å². The first-order valence-corrected chi connectivity index (χ1v) is 5.47. The molecule has 0 amide bonds. The maximum atomic E-state index is 12.5. The predicted molar refractivity (Wildman–Crippen MR) is 54.3 cm³/mol. The normalized spacial score (nSPS) is 10.9. The number of pyridine rings is 1. The average molecular weight is 315 g/mol. The van der Waals surface area contributed by atoms with Gasteiger partial charge in [0, 0.05) is 21.1 Å². The van der Waals surface area contributed by atoms with Gasteiger partial charge in [0.15, 0.2) is 0 Å². The standard InChI is InChI=1S/C8H7Br2F2N/c1-4-2-6(10)5(3-9)7(13-4)8(11)12/h2,8H,3H2,1H3. The molecule has 0 fully saturated rings. The molecule has 0 aliphatic carbocycles. The molecule has 13 heavy (non-hydrogen) atoms. The lowest BCUT2D eigenvalue weighted by atomic mass is 10.2. The van der Waals surface area contributed by atoms with Gasteiger partial charge in [-0.05, 0) is 13.0 Å². The van der Waals surface area contributed by atoms with E-state index in [0.717, 1.165) is 0 Å². The predicted octanol–water partition coefficient (Wildman–Crippen LogP) is 3.99. The first kappa shape index (κ1) is 11.0. The second-order valence-electron chi connectivity index (χ2n) is 2.54. The van der Waals surface area contributed by atoms with E-state index in [1.54, 1.807) is 13.0 Å². The zero-order valence-corrected chi connectivity index (χ0v) is 9.99. The van der Waals surface area contributed by atoms with E-state index >= 15 is 0 Å². The van der Waals surface area contributed by atoms with E-state index in [1.165, 1.54) is 0 Å². The third-order valence-electron chi connectivity index (χ3n) is 1.57. The van der Waals surface area contributed by atoms with Crippen molar-refractivity contribution >= 4 is 31.9 Å². The molecule has 0 saturated heterocycles. The third-order valence-corrected chi connectivity index (χ3v) is 2.84. The SMILES string of the molecule is Cc1cc(Br)c(CBr)c(C(F)F)n1. The highest BCUT2D eigenvalue weighted by Gasteiger charge is 2.16. The molecule has 72 valence electrons. The molecule has 1 aromatic heterocycles. The van der Waals surface area contributed by atoms with Gasteiger partial charge in [-0.1, -0.05) is 31.9 Å². The molecule has 0 unspecified atom stereocenters. The van der Waals surface area contributed by atoms with Gasteiger partial charge in [0.05, 0.1) is 0 Å². The van der Waals surface area contributed by atoms with Crippen molar-refractivity contribution < 1.29 is 8.78 Å². The van der Waals surface area contributed by atoms with Crippen LogP contribution in [0.2, 0.25) is 0 Å². The molecule has 0 saturated carbocycles. The summed E-state index contributed by atoms with van der Waals surface area (Å²) in [5.74, 6) is 0. The number of hydrogen-bond acceptors (Lipinski definition) is 1. The van der Waals surface area contributed by atoms with Crippen LogP contribution in [-0.4, -0.2) is 4.98 Å². The summed E-state index contributed by atoms with van der Waals surface area (Å²) in [6.07, 6.45) is -2.52. The minimum Gasteiger partial charge on any atom is -0.252 e. The van der Waals surface area contributed by atoms with Crippen LogP contribution in [0.4, 0.5) is 8.78 Å². The molecule has 5 heteroatoms. The number of aromatic nitrogens is 1. The molecule has 0 spiro atoms. The van der Waals surface area contributed by atoms with Gasteiger partial charge in [-0.3, -0.25) is 4.98 Å². The van der Waals surface area contributed by atoms with E-state index in [1.807, 2.05) is 0 Å². The van der Waals surface area contributed by atoms with Crippen LogP contribution in [0.5, 0.6) is 0 Å². The molecular weight excluding hydrogens is 308 g/mol. The largest absolute Gasteiger partial charge is 0.280 e. The third kappa shape index (κ3) is 2.47. The fourth-order valence-electron chi connectivity index (χ4n) is 0.995. The minimum absolute atomic E-state index is 0.149. The smallest absolute Gasteiger partial charge is 0.252 e. The molecule has 0 aliphatic rings. The van der Waals surface area contributed by atoms with Crippen LogP contribution in [0.3, 0.4) is 0 Å². The quantitative estimate of drug-likeness (QED) is 0.752. The Kier molecular flexibility index (Phi) is 3.79. The molecule has 1 aromatic rings. The van der Waals surface area contributed by atoms with Gasteiger partial charge in [-0.25, -0.2) is 8.78 Å². The van der Waals surface area contributed by atoms with Gasteiger partial charge >= 0.3 is 0 Å². The number of aryl methyl sites for hydroxylation is 1. The minimum atomic E-state index is -2.52. The first-order chi connectivity index (χ1) is 6.06. The molecule has 0 bridgehead atoms. The summed E-state index contributed by atoms with van der Waals surface area (Å²) in [4.78, 5) is 3.79. The summed E-state index contributed by atoms with van der Waals surface area (Å²) in [7, 11) is 0. The van der Waals surface area contributed by atoms with Gasteiger partial charge in [0.1, 0.15) is 5.69 Å². The maximum absolute atomic E-state index is 12.5. The van der Waals surface area contributed by atoms with E-state index < -0.39 is 6.43 Å². The number of halogens is 4. The lowest BCUT2D eigenvalue weighted by Crippen LogP contribution is -1.99. The van der Waals surface area contributed by atoms with Crippen LogP contribution in [0.15, 0.2) is 10.5 Å². The van der Waals surface area contributed by atoms with Crippen LogP contribution in [0, 0.1) is 6.92 Å². The Bertz CT molecular complexity index is 315. The van der Waals surface area contributed by atoms with Crippen molar-refractivity contribution in [2.45, 2.75) is 18.7 Å². The van der Waals surface area contributed by atoms with E-state index in [0.29, 0.717) is 21.1 Å². The van der Waals surface area contributed by atoms with E-state index in [2.05, 4.69) is 36.8 Å². The van der Waals surface area contributed by atoms with Crippen molar-refractivity contribution in [3.63, 3.8) is 0 Å². The zero-order chi connectivity index (χ0) is 10.0. The molecule has 0 aliphatic heterocycles. The Labute approximate surface area is 91.8 Å². The van der Waals surface area contributed by atoms with E-state index in [9.17, 15) is 8.78 Å². The number of hydrogen-bond donors (Lipinski definition) is 0. The molecule has 1 heterocycles. The fraction of sp³-hybridized carbons (Fsp3) is 0.375. The summed E-state index contributed by atoms with van der Waals surface area (Å²) in [6.45, 7) is 1.69. The van der Waals surface area contributed by atoms with Crippen molar-refractivity contribution in [2.75, 3.05) is 0 Å². The highest BCUT2D eigenvalue weighted by Crippen LogP contribution is 2.29. The lowest BCUT2D eigenvalue weighted by molar-refractivity contribution is 0.145. The van der Waals surface area contributed by atoms with Crippen LogP contribution >= 0.6 is 31.9 Å². The van der Waals surface area contributed by atoms with Crippen molar-refractivity contribution in [3.05, 3.63) is 27.5 Å². The maximum Gasteiger partial charge on any atom is 0.280 e. The van der Waals surface area contributed by atoms with Crippen molar-refractivity contribution in [1.82, 2.24) is 4.98 Å². The monoisotopic (exact) mass is 313 g/mol. The Hall–Kier alpha value is -0.0300. The number of nitrogens with zero attached hydrogens (tertiary/aromatic N) is 1. The van der Waals surface area contributed by atoms with Crippen LogP contribution in [0.1, 0.15) is 23.4 Å². The molecule has 0 aromatic carbocycles. The Morgan fingerprint density at radius 1 is 1.54 bits per heavy atom. The van der Waals surface area contributed by atoms with Crippen molar-refractivity contribution in [1.29, 1.82) is 0 Å². The zero-order valence-electron chi connectivity index (χ0n) is 6.82. The second-order valence-corrected chi connectivity index (χ2v) is 3.96. The molecule has 1 nitrogen and oxygen atoms in total. The molecule has 0 atom stereocenters. The molecule has 0 radical (unpaired) electrons. The number of alkyl halides is 3. The van der Waals surface area contributed by atoms with Crippen LogP contribution in [0.25, 0.3) is 0 Å². The Morgan fingerprint density at radius 2 is 2.15 bits per heavy atom. The number of rotatable bonds is 2. The van der Waals surface area contributed by atoms with Gasteiger partial charge in [-0.2, -0.15) is 0 Å². The van der Waals surface area contributed by atoms with Gasteiger partial charge < -0.3 is 0 Å². The lowest BCUT2D eigenvalue weighted by Gasteiger charge is -2.08.